The van der Waals surface area contributed by atoms with Gasteiger partial charge in [0.15, 0.2) is 5.75 Å². The molecule has 0 atom stereocenters. The van der Waals surface area contributed by atoms with Gasteiger partial charge in [0.05, 0.1) is 12.0 Å². The molecule has 0 unspecified atom stereocenters. The molecule has 1 aliphatic heterocycles. The van der Waals surface area contributed by atoms with Crippen LogP contribution in [0.1, 0.15) is 18.4 Å². The van der Waals surface area contributed by atoms with E-state index in [1.807, 2.05) is 0 Å². The van der Waals surface area contributed by atoms with Crippen LogP contribution in [0.5, 0.6) is 5.75 Å². The zero-order chi connectivity index (χ0) is 15.4. The Morgan fingerprint density at radius 2 is 2.10 bits per heavy atom. The number of carbonyl (C=O) groups is 1. The van der Waals surface area contributed by atoms with Crippen molar-refractivity contribution in [2.75, 3.05) is 25.1 Å². The molecule has 0 aromatic heterocycles. The number of methoxy groups -OCH3 is 1. The summed E-state index contributed by atoms with van der Waals surface area (Å²) in [6.07, 6.45) is 4.19. The fraction of sp³-hybridized carbons (Fsp3) is 0.400. The Kier molecular flexibility index (Phi) is 4.57. The topological polar surface area (TPSA) is 72.7 Å². The summed E-state index contributed by atoms with van der Waals surface area (Å²) in [4.78, 5) is 23.5. The molecule has 1 heterocycles. The summed E-state index contributed by atoms with van der Waals surface area (Å²) in [6, 6.07) is 3.16. The van der Waals surface area contributed by atoms with Gasteiger partial charge in [0.25, 0.3) is 0 Å². The largest absolute Gasteiger partial charge is 0.490 e. The van der Waals surface area contributed by atoms with Gasteiger partial charge in [0.1, 0.15) is 6.29 Å². The second kappa shape index (κ2) is 6.39. The van der Waals surface area contributed by atoms with Crippen LogP contribution in [-0.2, 0) is 4.79 Å². The first kappa shape index (κ1) is 15.0. The third kappa shape index (κ3) is 3.04. The van der Waals surface area contributed by atoms with Crippen LogP contribution in [0.15, 0.2) is 18.7 Å². The Morgan fingerprint density at radius 1 is 1.43 bits per heavy atom. The summed E-state index contributed by atoms with van der Waals surface area (Å²) >= 11 is 0. The molecule has 0 aliphatic carbocycles. The van der Waals surface area contributed by atoms with E-state index in [2.05, 4.69) is 11.5 Å². The molecule has 21 heavy (non-hydrogen) atoms. The van der Waals surface area contributed by atoms with E-state index in [0.29, 0.717) is 5.56 Å². The molecular weight excluding hydrogens is 272 g/mol. The molecular formula is C15H18N2O4. The Labute approximate surface area is 123 Å². The van der Waals surface area contributed by atoms with Crippen molar-refractivity contribution < 1.29 is 14.5 Å². The quantitative estimate of drug-likeness (QED) is 0.473. The fourth-order valence-electron chi connectivity index (χ4n) is 2.59. The minimum Gasteiger partial charge on any atom is -0.490 e. The Hall–Kier alpha value is -2.37. The van der Waals surface area contributed by atoms with Gasteiger partial charge < -0.3 is 14.4 Å². The van der Waals surface area contributed by atoms with Crippen molar-refractivity contribution in [3.63, 3.8) is 0 Å². The highest BCUT2D eigenvalue weighted by Gasteiger charge is 2.24. The lowest BCUT2D eigenvalue weighted by atomic mass is 9.97. The lowest BCUT2D eigenvalue weighted by Crippen LogP contribution is -2.34. The van der Waals surface area contributed by atoms with E-state index in [0.717, 1.165) is 37.9 Å². The van der Waals surface area contributed by atoms with Gasteiger partial charge in [-0.05, 0) is 12.8 Å². The van der Waals surface area contributed by atoms with Crippen LogP contribution in [0.2, 0.25) is 0 Å². The predicted molar refractivity (Wildman–Crippen MR) is 80.7 cm³/mol. The SMILES string of the molecule is C=Cc1cc([N+](=O)[O-])c(OC)cc1N1CCC(C=O)CC1. The number of carbonyl (C=O) groups excluding carboxylic acids is 1. The Morgan fingerprint density at radius 3 is 2.57 bits per heavy atom. The summed E-state index contributed by atoms with van der Waals surface area (Å²) in [7, 11) is 1.42. The van der Waals surface area contributed by atoms with Crippen molar-refractivity contribution in [2.45, 2.75) is 12.8 Å². The van der Waals surface area contributed by atoms with Crippen LogP contribution in [0, 0.1) is 16.0 Å². The predicted octanol–water partition coefficient (Wildman–Crippen LogP) is 2.66. The van der Waals surface area contributed by atoms with Crippen LogP contribution in [0.25, 0.3) is 6.08 Å². The molecule has 2 rings (SSSR count). The maximum absolute atomic E-state index is 11.1. The molecule has 1 fully saturated rings. The van der Waals surface area contributed by atoms with E-state index in [1.165, 1.54) is 13.2 Å². The Balaban J connectivity index is 2.37. The molecule has 1 aliphatic rings. The molecule has 0 bridgehead atoms. The second-order valence-corrected chi connectivity index (χ2v) is 5.00. The number of aldehydes is 1. The first-order chi connectivity index (χ1) is 10.1. The monoisotopic (exact) mass is 290 g/mol. The van der Waals surface area contributed by atoms with Gasteiger partial charge in [-0.15, -0.1) is 0 Å². The van der Waals surface area contributed by atoms with Crippen molar-refractivity contribution in [3.8, 4) is 5.75 Å². The van der Waals surface area contributed by atoms with Crippen LogP contribution >= 0.6 is 0 Å². The van der Waals surface area contributed by atoms with Gasteiger partial charge in [-0.1, -0.05) is 12.7 Å². The Bertz CT molecular complexity index is 563. The van der Waals surface area contributed by atoms with E-state index < -0.39 is 4.92 Å². The maximum atomic E-state index is 11.1. The van der Waals surface area contributed by atoms with Gasteiger partial charge in [0, 0.05) is 42.4 Å². The van der Waals surface area contributed by atoms with Gasteiger partial charge in [-0.2, -0.15) is 0 Å². The highest BCUT2D eigenvalue weighted by Crippen LogP contribution is 2.36. The molecule has 0 amide bonds. The van der Waals surface area contributed by atoms with Gasteiger partial charge in [-0.3, -0.25) is 10.1 Å². The van der Waals surface area contributed by atoms with Crippen molar-refractivity contribution in [1.29, 1.82) is 0 Å². The van der Waals surface area contributed by atoms with Crippen LogP contribution in [0.3, 0.4) is 0 Å². The second-order valence-electron chi connectivity index (χ2n) is 5.00. The summed E-state index contributed by atoms with van der Waals surface area (Å²) in [5.74, 6) is 0.339. The molecule has 0 N–H and O–H groups in total. The number of piperidine rings is 1. The highest BCUT2D eigenvalue weighted by molar-refractivity contribution is 5.73. The smallest absolute Gasteiger partial charge is 0.311 e. The molecule has 6 nitrogen and oxygen atoms in total. The number of benzene rings is 1. The molecule has 0 spiro atoms. The van der Waals surface area contributed by atoms with E-state index in [-0.39, 0.29) is 17.4 Å². The lowest BCUT2D eigenvalue weighted by molar-refractivity contribution is -0.385. The normalized spacial score (nSPS) is 15.6. The summed E-state index contributed by atoms with van der Waals surface area (Å²) < 4.78 is 5.12. The molecule has 1 aromatic rings. The van der Waals surface area contributed by atoms with Crippen molar-refractivity contribution in [1.82, 2.24) is 0 Å². The highest BCUT2D eigenvalue weighted by atomic mass is 16.6. The zero-order valence-electron chi connectivity index (χ0n) is 11.9. The van der Waals surface area contributed by atoms with Gasteiger partial charge >= 0.3 is 5.69 Å². The van der Waals surface area contributed by atoms with Crippen LogP contribution in [-0.4, -0.2) is 31.4 Å². The van der Waals surface area contributed by atoms with Crippen molar-refractivity contribution in [3.05, 3.63) is 34.4 Å². The summed E-state index contributed by atoms with van der Waals surface area (Å²) in [5.41, 5.74) is 1.49. The van der Waals surface area contributed by atoms with E-state index >= 15 is 0 Å². The molecule has 0 radical (unpaired) electrons. The average molecular weight is 290 g/mol. The third-order valence-electron chi connectivity index (χ3n) is 3.82. The number of nitro groups is 1. The van der Waals surface area contributed by atoms with Crippen LogP contribution < -0.4 is 9.64 Å². The van der Waals surface area contributed by atoms with Crippen molar-refractivity contribution >= 4 is 23.7 Å². The summed E-state index contributed by atoms with van der Waals surface area (Å²) in [6.45, 7) is 5.21. The standard InChI is InChI=1S/C15H18N2O4/c1-3-12-8-14(17(19)20)15(21-2)9-13(12)16-6-4-11(10-18)5-7-16/h3,8-11H,1,4-7H2,2H3. The average Bonchev–Trinajstić information content (AvgIpc) is 2.53. The van der Waals surface area contributed by atoms with Gasteiger partial charge in [0.2, 0.25) is 0 Å². The number of hydrogen-bond donors (Lipinski definition) is 0. The third-order valence-corrected chi connectivity index (χ3v) is 3.82. The molecule has 1 aromatic carbocycles. The van der Waals surface area contributed by atoms with Crippen molar-refractivity contribution in [2.24, 2.45) is 5.92 Å². The number of anilines is 1. The van der Waals surface area contributed by atoms with Crippen LogP contribution in [0.4, 0.5) is 11.4 Å². The molecule has 6 heteroatoms. The first-order valence-electron chi connectivity index (χ1n) is 6.79. The molecule has 112 valence electrons. The minimum atomic E-state index is -0.464. The maximum Gasteiger partial charge on any atom is 0.311 e. The number of rotatable bonds is 5. The van der Waals surface area contributed by atoms with E-state index in [9.17, 15) is 14.9 Å². The van der Waals surface area contributed by atoms with E-state index in [4.69, 9.17) is 4.74 Å². The number of nitro benzene ring substituents is 1. The summed E-state index contributed by atoms with van der Waals surface area (Å²) in [5, 5.41) is 11.1. The first-order valence-corrected chi connectivity index (χ1v) is 6.79. The lowest BCUT2D eigenvalue weighted by Gasteiger charge is -2.32. The number of hydrogen-bond acceptors (Lipinski definition) is 5. The molecule has 0 saturated carbocycles. The minimum absolute atomic E-state index is 0.0704. The molecule has 1 saturated heterocycles. The van der Waals surface area contributed by atoms with Gasteiger partial charge in [-0.25, -0.2) is 0 Å². The fourth-order valence-corrected chi connectivity index (χ4v) is 2.59. The number of nitrogens with zero attached hydrogens (tertiary/aromatic N) is 2. The number of ether oxygens (including phenoxy) is 1. The zero-order valence-corrected chi connectivity index (χ0v) is 11.9. The van der Waals surface area contributed by atoms with E-state index in [1.54, 1.807) is 12.1 Å².